The first-order valence-corrected chi connectivity index (χ1v) is 9.25. The zero-order valence-corrected chi connectivity index (χ0v) is 14.7. The summed E-state index contributed by atoms with van der Waals surface area (Å²) in [6, 6.07) is 19.7. The molecule has 0 amide bonds. The molecular weight excluding hydrogens is 328 g/mol. The fourth-order valence-corrected chi connectivity index (χ4v) is 4.06. The van der Waals surface area contributed by atoms with Gasteiger partial charge in [-0.3, -0.25) is 9.98 Å². The van der Waals surface area contributed by atoms with E-state index in [1.54, 1.807) is 0 Å². The molecule has 2 nitrogen and oxygen atoms in total. The fraction of sp³-hybridized carbons (Fsp3) is 0.200. The molecular formula is C25H24N2. The number of allylic oxidation sites excluding steroid dienone is 1. The number of nitrogens with zero attached hydrogens (tertiary/aromatic N) is 2. The van der Waals surface area contributed by atoms with Gasteiger partial charge in [0.2, 0.25) is 0 Å². The smallest absolute Gasteiger partial charge is 0.0694 e. The van der Waals surface area contributed by atoms with E-state index in [4.69, 9.17) is 4.99 Å². The number of pyridine rings is 1. The first kappa shape index (κ1) is 17.4. The van der Waals surface area contributed by atoms with Crippen molar-refractivity contribution in [3.05, 3.63) is 94.8 Å². The van der Waals surface area contributed by atoms with Gasteiger partial charge in [0, 0.05) is 24.5 Å². The van der Waals surface area contributed by atoms with Crippen molar-refractivity contribution in [3.8, 4) is 11.1 Å². The van der Waals surface area contributed by atoms with Gasteiger partial charge in [-0.2, -0.15) is 0 Å². The summed E-state index contributed by atoms with van der Waals surface area (Å²) in [5, 5.41) is 0. The van der Waals surface area contributed by atoms with Crippen LogP contribution in [-0.2, 0) is 6.42 Å². The molecule has 0 unspecified atom stereocenters. The van der Waals surface area contributed by atoms with Crippen molar-refractivity contribution in [3.63, 3.8) is 0 Å². The number of hydrogen-bond acceptors (Lipinski definition) is 2. The third-order valence-corrected chi connectivity index (χ3v) is 5.27. The molecule has 1 aliphatic heterocycles. The Morgan fingerprint density at radius 3 is 2.67 bits per heavy atom. The maximum absolute atomic E-state index is 4.79. The standard InChI is InChI=1S/C24H20N2.CH4/c1-2-8-22-18(5-1)15-21-14-17(9-10-23(21)22)13-19-6-4-12-26-24(19)20-7-3-11-25-16-20;/h1-3,5,7-11,13-14,16H,4,6,12,15H2;1H4/b19-13+;. The number of hydrogen-bond donors (Lipinski definition) is 0. The van der Waals surface area contributed by atoms with Crippen molar-refractivity contribution >= 4 is 11.8 Å². The first-order valence-electron chi connectivity index (χ1n) is 9.25. The van der Waals surface area contributed by atoms with Gasteiger partial charge in [-0.1, -0.05) is 49.9 Å². The topological polar surface area (TPSA) is 25.2 Å². The predicted molar refractivity (Wildman–Crippen MR) is 114 cm³/mol. The van der Waals surface area contributed by atoms with E-state index in [-0.39, 0.29) is 7.43 Å². The molecule has 2 aliphatic rings. The molecule has 0 saturated heterocycles. The van der Waals surface area contributed by atoms with Crippen LogP contribution < -0.4 is 0 Å². The predicted octanol–water partition coefficient (Wildman–Crippen LogP) is 5.96. The van der Waals surface area contributed by atoms with Gasteiger partial charge in [0.05, 0.1) is 5.71 Å². The van der Waals surface area contributed by atoms with E-state index in [0.29, 0.717) is 0 Å². The fourth-order valence-electron chi connectivity index (χ4n) is 4.06. The van der Waals surface area contributed by atoms with Crippen molar-refractivity contribution in [2.24, 2.45) is 4.99 Å². The lowest BCUT2D eigenvalue weighted by atomic mass is 9.94. The second-order valence-electron chi connectivity index (χ2n) is 7.00. The van der Waals surface area contributed by atoms with Crippen LogP contribution in [0.3, 0.4) is 0 Å². The normalized spacial score (nSPS) is 16.3. The molecule has 0 N–H and O–H groups in total. The van der Waals surface area contributed by atoms with Crippen LogP contribution in [-0.4, -0.2) is 17.2 Å². The van der Waals surface area contributed by atoms with Crippen LogP contribution in [0.2, 0.25) is 0 Å². The average molecular weight is 352 g/mol. The van der Waals surface area contributed by atoms with Crippen LogP contribution in [0.4, 0.5) is 0 Å². The summed E-state index contributed by atoms with van der Waals surface area (Å²) in [6.07, 6.45) is 9.27. The highest BCUT2D eigenvalue weighted by Crippen LogP contribution is 2.37. The van der Waals surface area contributed by atoms with Gasteiger partial charge in [0.15, 0.2) is 0 Å². The number of benzene rings is 2. The van der Waals surface area contributed by atoms with Crippen LogP contribution in [0.25, 0.3) is 17.2 Å². The summed E-state index contributed by atoms with van der Waals surface area (Å²) in [6.45, 7) is 0.904. The van der Waals surface area contributed by atoms with Gasteiger partial charge < -0.3 is 0 Å². The second-order valence-corrected chi connectivity index (χ2v) is 7.00. The molecule has 134 valence electrons. The summed E-state index contributed by atoms with van der Waals surface area (Å²) in [5.74, 6) is 0. The van der Waals surface area contributed by atoms with Gasteiger partial charge in [-0.15, -0.1) is 0 Å². The van der Waals surface area contributed by atoms with E-state index < -0.39 is 0 Å². The Morgan fingerprint density at radius 1 is 0.889 bits per heavy atom. The molecule has 0 atom stereocenters. The Hall–Kier alpha value is -3.00. The zero-order chi connectivity index (χ0) is 17.3. The molecule has 2 heteroatoms. The molecule has 0 spiro atoms. The molecule has 1 aliphatic carbocycles. The summed E-state index contributed by atoms with van der Waals surface area (Å²) in [7, 11) is 0. The molecule has 2 heterocycles. The minimum atomic E-state index is 0. The average Bonchev–Trinajstić information content (AvgIpc) is 3.07. The van der Waals surface area contributed by atoms with E-state index in [2.05, 4.69) is 59.6 Å². The minimum absolute atomic E-state index is 0. The highest BCUT2D eigenvalue weighted by Gasteiger charge is 2.18. The monoisotopic (exact) mass is 352 g/mol. The van der Waals surface area contributed by atoms with E-state index in [1.807, 2.05) is 18.5 Å². The maximum Gasteiger partial charge on any atom is 0.0694 e. The molecule has 5 rings (SSSR count). The van der Waals surface area contributed by atoms with Crippen molar-refractivity contribution in [2.75, 3.05) is 6.54 Å². The summed E-state index contributed by atoms with van der Waals surface area (Å²) < 4.78 is 0. The van der Waals surface area contributed by atoms with Crippen LogP contribution in [0.5, 0.6) is 0 Å². The van der Waals surface area contributed by atoms with Crippen LogP contribution in [0.15, 0.2) is 77.6 Å². The quantitative estimate of drug-likeness (QED) is 0.437. The summed E-state index contributed by atoms with van der Waals surface area (Å²) in [5.41, 5.74) is 10.4. The third kappa shape index (κ3) is 3.23. The molecule has 3 aromatic rings. The molecule has 0 fully saturated rings. The largest absolute Gasteiger partial charge is 0.284 e. The van der Waals surface area contributed by atoms with Gasteiger partial charge in [0.25, 0.3) is 0 Å². The Bertz CT molecular complexity index is 1030. The summed E-state index contributed by atoms with van der Waals surface area (Å²) >= 11 is 0. The van der Waals surface area contributed by atoms with Crippen molar-refractivity contribution < 1.29 is 0 Å². The van der Waals surface area contributed by atoms with Crippen LogP contribution >= 0.6 is 0 Å². The number of rotatable bonds is 2. The molecule has 2 aromatic carbocycles. The third-order valence-electron chi connectivity index (χ3n) is 5.27. The van der Waals surface area contributed by atoms with Crippen LogP contribution in [0.1, 0.15) is 42.5 Å². The first-order chi connectivity index (χ1) is 12.9. The molecule has 27 heavy (non-hydrogen) atoms. The molecule has 0 bridgehead atoms. The van der Waals surface area contributed by atoms with E-state index in [1.165, 1.54) is 33.4 Å². The lowest BCUT2D eigenvalue weighted by Crippen LogP contribution is -2.11. The van der Waals surface area contributed by atoms with Crippen molar-refractivity contribution in [2.45, 2.75) is 26.7 Å². The molecule has 0 radical (unpaired) electrons. The SMILES string of the molecule is C.C(=C1/CCCN=C1c1cccnc1)/c1ccc2c(c1)Cc1ccccc1-2. The van der Waals surface area contributed by atoms with Gasteiger partial charge in [-0.05, 0) is 70.9 Å². The Labute approximate surface area is 161 Å². The Morgan fingerprint density at radius 2 is 1.78 bits per heavy atom. The molecule has 1 aromatic heterocycles. The second kappa shape index (κ2) is 7.32. The van der Waals surface area contributed by atoms with Gasteiger partial charge in [-0.25, -0.2) is 0 Å². The highest BCUT2D eigenvalue weighted by atomic mass is 14.8. The number of aromatic nitrogens is 1. The number of fused-ring (bicyclic) bond motifs is 3. The van der Waals surface area contributed by atoms with Crippen molar-refractivity contribution in [1.29, 1.82) is 0 Å². The van der Waals surface area contributed by atoms with Crippen molar-refractivity contribution in [1.82, 2.24) is 4.98 Å². The van der Waals surface area contributed by atoms with E-state index in [0.717, 1.165) is 37.1 Å². The minimum Gasteiger partial charge on any atom is -0.284 e. The maximum atomic E-state index is 4.79. The summed E-state index contributed by atoms with van der Waals surface area (Å²) in [4.78, 5) is 9.05. The Balaban J connectivity index is 0.00000180. The van der Waals surface area contributed by atoms with E-state index in [9.17, 15) is 0 Å². The van der Waals surface area contributed by atoms with E-state index >= 15 is 0 Å². The lowest BCUT2D eigenvalue weighted by Gasteiger charge is -2.16. The van der Waals surface area contributed by atoms with Crippen LogP contribution in [0, 0.1) is 0 Å². The van der Waals surface area contributed by atoms with Gasteiger partial charge in [0.1, 0.15) is 0 Å². The zero-order valence-electron chi connectivity index (χ0n) is 14.7. The lowest BCUT2D eigenvalue weighted by molar-refractivity contribution is 0.818. The molecule has 0 saturated carbocycles. The number of aliphatic imine (C=N–C) groups is 1. The van der Waals surface area contributed by atoms with Gasteiger partial charge >= 0.3 is 0 Å². The highest BCUT2D eigenvalue weighted by molar-refractivity contribution is 6.15. The Kier molecular flexibility index (Phi) is 4.72.